The van der Waals surface area contributed by atoms with Crippen molar-refractivity contribution in [1.29, 1.82) is 0 Å². The SMILES string of the molecule is COC(=O)[C@H](CSC(=O)c1cc(O)c(O)c(O)c1)NC(C)=O. The van der Waals surface area contributed by atoms with Crippen LogP contribution in [0.1, 0.15) is 17.3 Å². The van der Waals surface area contributed by atoms with E-state index in [-0.39, 0.29) is 11.3 Å². The summed E-state index contributed by atoms with van der Waals surface area (Å²) < 4.78 is 4.51. The monoisotopic (exact) mass is 329 g/mol. The van der Waals surface area contributed by atoms with Gasteiger partial charge in [-0.15, -0.1) is 0 Å². The molecule has 0 aromatic heterocycles. The van der Waals surface area contributed by atoms with Crippen LogP contribution in [0.4, 0.5) is 0 Å². The van der Waals surface area contributed by atoms with Crippen molar-refractivity contribution in [2.45, 2.75) is 13.0 Å². The number of nitrogens with one attached hydrogen (secondary N) is 1. The molecule has 1 aromatic carbocycles. The average molecular weight is 329 g/mol. The van der Waals surface area contributed by atoms with Gasteiger partial charge in [-0.3, -0.25) is 9.59 Å². The maximum absolute atomic E-state index is 12.0. The van der Waals surface area contributed by atoms with Gasteiger partial charge in [-0.25, -0.2) is 4.79 Å². The molecule has 0 aliphatic rings. The Kier molecular flexibility index (Phi) is 6.05. The van der Waals surface area contributed by atoms with Crippen LogP contribution in [0.5, 0.6) is 17.2 Å². The summed E-state index contributed by atoms with van der Waals surface area (Å²) in [6, 6.07) is 0.960. The molecule has 0 fully saturated rings. The zero-order valence-corrected chi connectivity index (χ0v) is 12.6. The maximum Gasteiger partial charge on any atom is 0.329 e. The van der Waals surface area contributed by atoms with Crippen molar-refractivity contribution in [3.05, 3.63) is 17.7 Å². The fraction of sp³-hybridized carbons (Fsp3) is 0.308. The molecular weight excluding hydrogens is 314 g/mol. The minimum Gasteiger partial charge on any atom is -0.504 e. The molecule has 0 saturated heterocycles. The van der Waals surface area contributed by atoms with Gasteiger partial charge in [0.2, 0.25) is 11.0 Å². The van der Waals surface area contributed by atoms with E-state index in [0.29, 0.717) is 11.8 Å². The standard InChI is InChI=1S/C13H15NO7S/c1-6(15)14-8(12(19)21-2)5-22-13(20)7-3-9(16)11(18)10(17)4-7/h3-4,8,16-18H,5H2,1-2H3,(H,14,15)/t8-/m0/s1. The Morgan fingerprint density at radius 2 is 1.77 bits per heavy atom. The first-order valence-electron chi connectivity index (χ1n) is 6.03. The zero-order valence-electron chi connectivity index (χ0n) is 11.8. The maximum atomic E-state index is 12.0. The van der Waals surface area contributed by atoms with Crippen molar-refractivity contribution in [3.63, 3.8) is 0 Å². The number of benzene rings is 1. The number of rotatable bonds is 5. The van der Waals surface area contributed by atoms with Gasteiger partial charge in [-0.05, 0) is 12.1 Å². The first-order chi connectivity index (χ1) is 10.3. The van der Waals surface area contributed by atoms with E-state index in [9.17, 15) is 29.7 Å². The highest BCUT2D eigenvalue weighted by Gasteiger charge is 2.22. The van der Waals surface area contributed by atoms with E-state index >= 15 is 0 Å². The number of aromatic hydroxyl groups is 3. The highest BCUT2D eigenvalue weighted by atomic mass is 32.2. The average Bonchev–Trinajstić information content (AvgIpc) is 2.46. The predicted octanol–water partition coefficient (Wildman–Crippen LogP) is 0.354. The Morgan fingerprint density at radius 1 is 1.23 bits per heavy atom. The molecule has 1 atom stereocenters. The molecule has 0 saturated carbocycles. The number of carbonyl (C=O) groups excluding carboxylic acids is 3. The highest BCUT2D eigenvalue weighted by Crippen LogP contribution is 2.36. The Labute approximate surface area is 130 Å². The van der Waals surface area contributed by atoms with Gasteiger partial charge < -0.3 is 25.4 Å². The lowest BCUT2D eigenvalue weighted by molar-refractivity contribution is -0.144. The number of phenols is 3. The Hall–Kier alpha value is -2.42. The van der Waals surface area contributed by atoms with Gasteiger partial charge >= 0.3 is 5.97 Å². The van der Waals surface area contributed by atoms with E-state index < -0.39 is 40.3 Å². The number of esters is 1. The summed E-state index contributed by atoms with van der Waals surface area (Å²) in [5, 5.41) is 29.7. The number of carbonyl (C=O) groups is 3. The molecule has 9 heteroatoms. The molecule has 8 nitrogen and oxygen atoms in total. The molecule has 0 heterocycles. The van der Waals surface area contributed by atoms with E-state index in [1.807, 2.05) is 0 Å². The van der Waals surface area contributed by atoms with Gasteiger partial charge in [0.05, 0.1) is 7.11 Å². The topological polar surface area (TPSA) is 133 Å². The summed E-state index contributed by atoms with van der Waals surface area (Å²) in [4.78, 5) is 34.4. The molecule has 1 amide bonds. The van der Waals surface area contributed by atoms with Gasteiger partial charge in [-0.1, -0.05) is 11.8 Å². The Bertz CT molecular complexity index is 579. The van der Waals surface area contributed by atoms with Crippen molar-refractivity contribution in [2.24, 2.45) is 0 Å². The third kappa shape index (κ3) is 4.55. The first kappa shape index (κ1) is 17.6. The minimum atomic E-state index is -1.00. The van der Waals surface area contributed by atoms with Crippen LogP contribution in [0.25, 0.3) is 0 Å². The molecule has 22 heavy (non-hydrogen) atoms. The first-order valence-corrected chi connectivity index (χ1v) is 7.01. The Morgan fingerprint density at radius 3 is 2.23 bits per heavy atom. The molecule has 0 radical (unpaired) electrons. The van der Waals surface area contributed by atoms with Crippen molar-refractivity contribution >= 4 is 28.8 Å². The van der Waals surface area contributed by atoms with Crippen molar-refractivity contribution in [3.8, 4) is 17.2 Å². The summed E-state index contributed by atoms with van der Waals surface area (Å²) in [6.45, 7) is 1.22. The zero-order chi connectivity index (χ0) is 16.9. The summed E-state index contributed by atoms with van der Waals surface area (Å²) in [5.41, 5.74) is -0.0655. The number of methoxy groups -OCH3 is 1. The lowest BCUT2D eigenvalue weighted by Crippen LogP contribution is -2.42. The van der Waals surface area contributed by atoms with Crippen LogP contribution >= 0.6 is 11.8 Å². The van der Waals surface area contributed by atoms with Crippen LogP contribution < -0.4 is 5.32 Å². The van der Waals surface area contributed by atoms with Crippen molar-refractivity contribution < 1.29 is 34.4 Å². The third-order valence-corrected chi connectivity index (χ3v) is 3.55. The number of phenolic OH excluding ortho intramolecular Hbond substituents is 3. The molecule has 4 N–H and O–H groups in total. The van der Waals surface area contributed by atoms with E-state index in [4.69, 9.17) is 0 Å². The Balaban J connectivity index is 2.79. The van der Waals surface area contributed by atoms with E-state index in [1.165, 1.54) is 6.92 Å². The lowest BCUT2D eigenvalue weighted by Gasteiger charge is -2.14. The molecule has 0 aliphatic carbocycles. The second-order valence-electron chi connectivity index (χ2n) is 4.24. The van der Waals surface area contributed by atoms with Gasteiger partial charge in [0.1, 0.15) is 6.04 Å². The van der Waals surface area contributed by atoms with Crippen molar-refractivity contribution in [2.75, 3.05) is 12.9 Å². The number of hydrogen-bond acceptors (Lipinski definition) is 8. The number of amides is 1. The van der Waals surface area contributed by atoms with E-state index in [1.54, 1.807) is 0 Å². The largest absolute Gasteiger partial charge is 0.504 e. The second kappa shape index (κ2) is 7.55. The normalized spacial score (nSPS) is 11.5. The number of thioether (sulfide) groups is 1. The summed E-state index contributed by atoms with van der Waals surface area (Å²) >= 11 is 0.688. The van der Waals surface area contributed by atoms with Crippen LogP contribution in [0.3, 0.4) is 0 Å². The van der Waals surface area contributed by atoms with E-state index in [0.717, 1.165) is 19.2 Å². The number of ether oxygens (including phenoxy) is 1. The molecule has 1 aromatic rings. The smallest absolute Gasteiger partial charge is 0.329 e. The van der Waals surface area contributed by atoms with Crippen LogP contribution in [0.2, 0.25) is 0 Å². The van der Waals surface area contributed by atoms with Crippen molar-refractivity contribution in [1.82, 2.24) is 5.32 Å². The van der Waals surface area contributed by atoms with Gasteiger partial charge in [0.25, 0.3) is 0 Å². The molecule has 0 bridgehead atoms. The summed E-state index contributed by atoms with van der Waals surface area (Å²) in [7, 11) is 1.15. The third-order valence-electron chi connectivity index (χ3n) is 2.55. The fourth-order valence-corrected chi connectivity index (χ4v) is 2.34. The molecular formula is C13H15NO7S. The van der Waals surface area contributed by atoms with Gasteiger partial charge in [-0.2, -0.15) is 0 Å². The van der Waals surface area contributed by atoms with Gasteiger partial charge in [0.15, 0.2) is 17.2 Å². The highest BCUT2D eigenvalue weighted by molar-refractivity contribution is 8.14. The second-order valence-corrected chi connectivity index (χ2v) is 5.23. The van der Waals surface area contributed by atoms with E-state index in [2.05, 4.69) is 10.1 Å². The quantitative estimate of drug-likeness (QED) is 0.449. The van der Waals surface area contributed by atoms with Gasteiger partial charge in [0, 0.05) is 18.2 Å². The molecule has 0 aliphatic heterocycles. The van der Waals surface area contributed by atoms with Crippen LogP contribution in [0, 0.1) is 0 Å². The molecule has 1 rings (SSSR count). The van der Waals surface area contributed by atoms with Crippen LogP contribution in [-0.4, -0.2) is 51.2 Å². The number of hydrogen-bond donors (Lipinski definition) is 4. The molecule has 120 valence electrons. The molecule has 0 unspecified atom stereocenters. The van der Waals surface area contributed by atoms with Crippen LogP contribution in [0.15, 0.2) is 12.1 Å². The fourth-order valence-electron chi connectivity index (χ4n) is 1.52. The lowest BCUT2D eigenvalue weighted by atomic mass is 10.2. The summed E-state index contributed by atoms with van der Waals surface area (Å²) in [6.07, 6.45) is 0. The van der Waals surface area contributed by atoms with Crippen LogP contribution in [-0.2, 0) is 14.3 Å². The molecule has 0 spiro atoms. The summed E-state index contributed by atoms with van der Waals surface area (Å²) in [5.74, 6) is -3.26. The minimum absolute atomic E-state index is 0.0655. The predicted molar refractivity (Wildman–Crippen MR) is 77.8 cm³/mol.